The van der Waals surface area contributed by atoms with Gasteiger partial charge in [-0.1, -0.05) is 102 Å². The van der Waals surface area contributed by atoms with Crippen LogP contribution < -0.4 is 4.90 Å². The summed E-state index contributed by atoms with van der Waals surface area (Å²) in [5.41, 5.74) is 11.3. The lowest BCUT2D eigenvalue weighted by atomic mass is 9.57. The summed E-state index contributed by atoms with van der Waals surface area (Å²) >= 11 is 0. The molecule has 36 heavy (non-hydrogen) atoms. The molecule has 1 aliphatic heterocycles. The Bertz CT molecular complexity index is 1630. The molecule has 0 amide bonds. The zero-order valence-electron chi connectivity index (χ0n) is 20.3. The molecule has 1 aliphatic carbocycles. The Balaban J connectivity index is 1.68. The van der Waals surface area contributed by atoms with Gasteiger partial charge in [-0.25, -0.2) is 0 Å². The number of para-hydroxylation sites is 1. The van der Waals surface area contributed by atoms with E-state index < -0.39 is 5.41 Å². The molecule has 2 heteroatoms. The van der Waals surface area contributed by atoms with Crippen molar-refractivity contribution in [3.63, 3.8) is 0 Å². The van der Waals surface area contributed by atoms with Crippen molar-refractivity contribution in [3.05, 3.63) is 160 Å². The van der Waals surface area contributed by atoms with E-state index in [0.29, 0.717) is 0 Å². The third kappa shape index (κ3) is 2.64. The fourth-order valence-corrected chi connectivity index (χ4v) is 6.26. The number of benzene rings is 5. The molecule has 0 aromatic heterocycles. The summed E-state index contributed by atoms with van der Waals surface area (Å²) in [4.78, 5) is 16.1. The Morgan fingerprint density at radius 1 is 0.528 bits per heavy atom. The number of carbonyl (C=O) groups excluding carboxylic acids is 1. The molecule has 0 atom stereocenters. The van der Waals surface area contributed by atoms with Crippen LogP contribution in [0.15, 0.2) is 115 Å². The fourth-order valence-electron chi connectivity index (χ4n) is 6.26. The third-order valence-corrected chi connectivity index (χ3v) is 7.79. The highest BCUT2D eigenvalue weighted by atomic mass is 16.1. The van der Waals surface area contributed by atoms with E-state index in [1.54, 1.807) is 0 Å². The van der Waals surface area contributed by atoms with Crippen LogP contribution in [0.2, 0.25) is 0 Å². The minimum absolute atomic E-state index is 0.0967. The molecule has 0 saturated heterocycles. The number of carbonyl (C=O) groups is 1. The highest BCUT2D eigenvalue weighted by Crippen LogP contribution is 2.60. The molecular formula is C34H25NO. The van der Waals surface area contributed by atoms with E-state index >= 15 is 0 Å². The van der Waals surface area contributed by atoms with Gasteiger partial charge in [0.2, 0.25) is 0 Å². The zero-order chi connectivity index (χ0) is 24.4. The van der Waals surface area contributed by atoms with Crippen molar-refractivity contribution < 1.29 is 4.79 Å². The van der Waals surface area contributed by atoms with Crippen LogP contribution >= 0.6 is 0 Å². The normalized spacial score (nSPS) is 14.6. The molecule has 0 unspecified atom stereocenters. The molecule has 0 fully saturated rings. The van der Waals surface area contributed by atoms with Gasteiger partial charge in [0.15, 0.2) is 5.78 Å². The molecule has 0 bridgehead atoms. The van der Waals surface area contributed by atoms with Crippen molar-refractivity contribution in [1.82, 2.24) is 0 Å². The Morgan fingerprint density at radius 3 is 1.72 bits per heavy atom. The third-order valence-electron chi connectivity index (χ3n) is 7.79. The number of fused-ring (bicyclic) bond motifs is 8. The quantitative estimate of drug-likeness (QED) is 0.246. The molecule has 172 valence electrons. The number of nitrogens with zero attached hydrogens (tertiary/aromatic N) is 1. The largest absolute Gasteiger partial charge is 0.310 e. The first-order valence-corrected chi connectivity index (χ1v) is 12.4. The number of rotatable bonds is 1. The highest BCUT2D eigenvalue weighted by Gasteiger charge is 2.51. The lowest BCUT2D eigenvalue weighted by molar-refractivity contribution is 0.103. The second kappa shape index (κ2) is 7.53. The van der Waals surface area contributed by atoms with Gasteiger partial charge in [0, 0.05) is 16.8 Å². The van der Waals surface area contributed by atoms with Crippen LogP contribution in [-0.2, 0) is 5.41 Å². The molecule has 0 N–H and O–H groups in total. The molecular weight excluding hydrogens is 438 g/mol. The SMILES string of the molecule is Cc1ccc(N2c3ccccc3C3(c4ccccc4C(=O)c4ccccc43)c3cc(C)ccc32)cc1. The molecule has 0 saturated carbocycles. The number of hydrogen-bond donors (Lipinski definition) is 0. The maximum Gasteiger partial charge on any atom is 0.193 e. The Kier molecular flexibility index (Phi) is 4.37. The van der Waals surface area contributed by atoms with Crippen molar-refractivity contribution >= 4 is 22.8 Å². The summed E-state index contributed by atoms with van der Waals surface area (Å²) in [5, 5.41) is 0. The number of ketones is 1. The van der Waals surface area contributed by atoms with E-state index in [4.69, 9.17) is 0 Å². The molecule has 5 aromatic carbocycles. The monoisotopic (exact) mass is 463 g/mol. The second-order valence-electron chi connectivity index (χ2n) is 9.88. The van der Waals surface area contributed by atoms with Gasteiger partial charge in [-0.2, -0.15) is 0 Å². The predicted octanol–water partition coefficient (Wildman–Crippen LogP) is 8.01. The molecule has 2 nitrogen and oxygen atoms in total. The van der Waals surface area contributed by atoms with Crippen LogP contribution in [0.1, 0.15) is 49.3 Å². The van der Waals surface area contributed by atoms with Crippen molar-refractivity contribution in [2.45, 2.75) is 19.3 Å². The van der Waals surface area contributed by atoms with Crippen LogP contribution in [0.5, 0.6) is 0 Å². The second-order valence-corrected chi connectivity index (χ2v) is 9.88. The fraction of sp³-hybridized carbons (Fsp3) is 0.0882. The van der Waals surface area contributed by atoms with Gasteiger partial charge < -0.3 is 4.90 Å². The van der Waals surface area contributed by atoms with Crippen LogP contribution in [0.3, 0.4) is 0 Å². The first kappa shape index (κ1) is 20.9. The minimum Gasteiger partial charge on any atom is -0.310 e. The van der Waals surface area contributed by atoms with E-state index in [-0.39, 0.29) is 5.78 Å². The molecule has 2 aliphatic rings. The highest BCUT2D eigenvalue weighted by molar-refractivity contribution is 6.14. The van der Waals surface area contributed by atoms with E-state index in [1.807, 2.05) is 24.3 Å². The Hall–Kier alpha value is -4.43. The van der Waals surface area contributed by atoms with E-state index in [0.717, 1.165) is 39.3 Å². The average molecular weight is 464 g/mol. The molecule has 1 heterocycles. The Morgan fingerprint density at radius 2 is 1.06 bits per heavy atom. The summed E-state index contributed by atoms with van der Waals surface area (Å²) in [6, 6.07) is 40.5. The van der Waals surface area contributed by atoms with Gasteiger partial charge in [0.25, 0.3) is 0 Å². The Labute approximate surface area is 211 Å². The van der Waals surface area contributed by atoms with Crippen molar-refractivity contribution in [1.29, 1.82) is 0 Å². The minimum atomic E-state index is -0.597. The zero-order valence-corrected chi connectivity index (χ0v) is 20.3. The first-order valence-electron chi connectivity index (χ1n) is 12.4. The smallest absolute Gasteiger partial charge is 0.193 e. The standard InChI is InChI=1S/C34H25NO/c1-22-15-18-24(19-16-22)35-31-14-8-7-13-29(31)34(30-21-23(2)17-20-32(30)35)27-11-5-3-9-25(27)33(36)26-10-4-6-12-28(26)34/h3-21H,1-2H3. The van der Waals surface area contributed by atoms with Crippen LogP contribution in [0.25, 0.3) is 0 Å². The lowest BCUT2D eigenvalue weighted by Gasteiger charge is -2.49. The van der Waals surface area contributed by atoms with Crippen LogP contribution in [0.4, 0.5) is 17.1 Å². The van der Waals surface area contributed by atoms with Gasteiger partial charge in [0.05, 0.1) is 16.8 Å². The van der Waals surface area contributed by atoms with Crippen molar-refractivity contribution in [3.8, 4) is 0 Å². The molecule has 7 rings (SSSR count). The summed E-state index contributed by atoms with van der Waals surface area (Å²) < 4.78 is 0. The van der Waals surface area contributed by atoms with E-state index in [1.165, 1.54) is 22.3 Å². The van der Waals surface area contributed by atoms with Gasteiger partial charge >= 0.3 is 0 Å². The molecule has 5 aromatic rings. The van der Waals surface area contributed by atoms with Crippen molar-refractivity contribution in [2.75, 3.05) is 4.90 Å². The predicted molar refractivity (Wildman–Crippen MR) is 146 cm³/mol. The maximum atomic E-state index is 13.7. The van der Waals surface area contributed by atoms with Crippen LogP contribution in [-0.4, -0.2) is 5.78 Å². The summed E-state index contributed by atoms with van der Waals surface area (Å²) in [7, 11) is 0. The summed E-state index contributed by atoms with van der Waals surface area (Å²) in [6.07, 6.45) is 0. The number of aryl methyl sites for hydroxylation is 2. The summed E-state index contributed by atoms with van der Waals surface area (Å²) in [6.45, 7) is 4.27. The van der Waals surface area contributed by atoms with Gasteiger partial charge in [-0.3, -0.25) is 4.79 Å². The average Bonchev–Trinajstić information content (AvgIpc) is 2.92. The lowest BCUT2D eigenvalue weighted by Crippen LogP contribution is -2.42. The number of hydrogen-bond acceptors (Lipinski definition) is 2. The molecule has 1 spiro atoms. The van der Waals surface area contributed by atoms with Crippen LogP contribution in [0, 0.1) is 13.8 Å². The van der Waals surface area contributed by atoms with E-state index in [2.05, 4.69) is 110 Å². The summed E-state index contributed by atoms with van der Waals surface area (Å²) in [5.74, 6) is 0.0967. The first-order chi connectivity index (χ1) is 17.6. The molecule has 0 radical (unpaired) electrons. The van der Waals surface area contributed by atoms with Gasteiger partial charge in [-0.05, 0) is 60.4 Å². The van der Waals surface area contributed by atoms with Crippen molar-refractivity contribution in [2.24, 2.45) is 0 Å². The maximum absolute atomic E-state index is 13.7. The number of anilines is 3. The van der Waals surface area contributed by atoms with E-state index in [9.17, 15) is 4.79 Å². The topological polar surface area (TPSA) is 20.3 Å². The van der Waals surface area contributed by atoms with Gasteiger partial charge in [-0.15, -0.1) is 0 Å². The van der Waals surface area contributed by atoms with Gasteiger partial charge in [0.1, 0.15) is 0 Å².